The van der Waals surface area contributed by atoms with Crippen LogP contribution in [0, 0.1) is 0 Å². The second kappa shape index (κ2) is 8.27. The Labute approximate surface area is 167 Å². The fourth-order valence-electron chi connectivity index (χ4n) is 3.77. The van der Waals surface area contributed by atoms with Gasteiger partial charge in [0.15, 0.2) is 6.79 Å². The minimum Gasteiger partial charge on any atom is -0.497 e. The van der Waals surface area contributed by atoms with Gasteiger partial charge in [-0.3, -0.25) is 0 Å². The lowest BCUT2D eigenvalue weighted by Crippen LogP contribution is -2.55. The molecule has 156 valence electrons. The predicted molar refractivity (Wildman–Crippen MR) is 101 cm³/mol. The molecule has 4 N–H and O–H groups in total. The van der Waals surface area contributed by atoms with Crippen LogP contribution in [0.25, 0.3) is 0 Å². The summed E-state index contributed by atoms with van der Waals surface area (Å²) < 4.78 is 22.3. The molecule has 2 aliphatic heterocycles. The molecule has 1 fully saturated rings. The van der Waals surface area contributed by atoms with Gasteiger partial charge in [0, 0.05) is 5.56 Å². The van der Waals surface area contributed by atoms with Crippen LogP contribution in [0.5, 0.6) is 11.5 Å². The maximum atomic E-state index is 10.4. The summed E-state index contributed by atoms with van der Waals surface area (Å²) in [4.78, 5) is 0. The fourth-order valence-corrected chi connectivity index (χ4v) is 3.77. The van der Waals surface area contributed by atoms with Crippen LogP contribution in [-0.4, -0.2) is 65.4 Å². The minimum atomic E-state index is -1.44. The van der Waals surface area contributed by atoms with Crippen LogP contribution in [0.1, 0.15) is 28.9 Å². The van der Waals surface area contributed by atoms with Gasteiger partial charge >= 0.3 is 0 Å². The Balaban J connectivity index is 1.67. The molecule has 29 heavy (non-hydrogen) atoms. The minimum absolute atomic E-state index is 0.100. The van der Waals surface area contributed by atoms with Crippen molar-refractivity contribution in [2.75, 3.05) is 20.5 Å². The zero-order valence-corrected chi connectivity index (χ0v) is 15.8. The highest BCUT2D eigenvalue weighted by atomic mass is 16.7. The molecule has 0 aromatic heterocycles. The third kappa shape index (κ3) is 3.71. The summed E-state index contributed by atoms with van der Waals surface area (Å²) in [5.41, 5.74) is 2.23. The SMILES string of the molecule is COc1ccc(C2OCOc3ccc(C4OC(CO)C(O)C(O)C4O)cc32)cc1. The molecular weight excluding hydrogens is 380 g/mol. The maximum absolute atomic E-state index is 10.4. The Hall–Kier alpha value is -2.20. The number of benzene rings is 2. The van der Waals surface area contributed by atoms with Gasteiger partial charge in [-0.1, -0.05) is 18.2 Å². The second-order valence-corrected chi connectivity index (χ2v) is 7.13. The Morgan fingerprint density at radius 2 is 1.69 bits per heavy atom. The number of hydrogen-bond acceptors (Lipinski definition) is 8. The number of ether oxygens (including phenoxy) is 4. The van der Waals surface area contributed by atoms with Gasteiger partial charge in [-0.15, -0.1) is 0 Å². The molecule has 2 aromatic carbocycles. The summed E-state index contributed by atoms with van der Waals surface area (Å²) in [5.74, 6) is 1.38. The quantitative estimate of drug-likeness (QED) is 0.587. The van der Waals surface area contributed by atoms with E-state index >= 15 is 0 Å². The molecule has 1 saturated heterocycles. The topological polar surface area (TPSA) is 118 Å². The van der Waals surface area contributed by atoms with Crippen LogP contribution in [0.2, 0.25) is 0 Å². The van der Waals surface area contributed by atoms with Crippen LogP contribution < -0.4 is 9.47 Å². The van der Waals surface area contributed by atoms with Crippen molar-refractivity contribution in [2.24, 2.45) is 0 Å². The van der Waals surface area contributed by atoms with Crippen molar-refractivity contribution in [3.05, 3.63) is 59.2 Å². The van der Waals surface area contributed by atoms with Gasteiger partial charge < -0.3 is 39.4 Å². The Kier molecular flexibility index (Phi) is 5.73. The number of methoxy groups -OCH3 is 1. The molecule has 0 aliphatic carbocycles. The molecule has 0 saturated carbocycles. The number of rotatable bonds is 4. The summed E-state index contributed by atoms with van der Waals surface area (Å²) in [6.07, 6.45) is -6.48. The van der Waals surface area contributed by atoms with Gasteiger partial charge in [0.25, 0.3) is 0 Å². The normalized spacial score (nSPS) is 31.6. The molecule has 0 amide bonds. The molecule has 6 atom stereocenters. The zero-order valence-electron chi connectivity index (χ0n) is 15.8. The first-order chi connectivity index (χ1) is 14.0. The van der Waals surface area contributed by atoms with Crippen LogP contribution in [0.15, 0.2) is 42.5 Å². The van der Waals surface area contributed by atoms with Crippen LogP contribution in [0.3, 0.4) is 0 Å². The van der Waals surface area contributed by atoms with Crippen molar-refractivity contribution < 1.29 is 39.4 Å². The average molecular weight is 404 g/mol. The van der Waals surface area contributed by atoms with Gasteiger partial charge in [-0.25, -0.2) is 0 Å². The van der Waals surface area contributed by atoms with Gasteiger partial charge in [0.05, 0.1) is 13.7 Å². The summed E-state index contributed by atoms with van der Waals surface area (Å²) in [5, 5.41) is 40.0. The Morgan fingerprint density at radius 3 is 2.38 bits per heavy atom. The summed E-state index contributed by atoms with van der Waals surface area (Å²) in [7, 11) is 1.60. The molecule has 2 heterocycles. The molecule has 2 aromatic rings. The molecule has 2 aliphatic rings. The molecule has 0 spiro atoms. The maximum Gasteiger partial charge on any atom is 0.190 e. The first kappa shape index (κ1) is 20.1. The van der Waals surface area contributed by atoms with E-state index in [1.807, 2.05) is 24.3 Å². The molecule has 6 unspecified atom stereocenters. The second-order valence-electron chi connectivity index (χ2n) is 7.13. The van der Waals surface area contributed by atoms with Crippen LogP contribution in [-0.2, 0) is 9.47 Å². The molecule has 8 heteroatoms. The van der Waals surface area contributed by atoms with E-state index in [1.165, 1.54) is 0 Å². The Morgan fingerprint density at radius 1 is 0.966 bits per heavy atom. The van der Waals surface area contributed by atoms with Gasteiger partial charge in [-0.2, -0.15) is 0 Å². The predicted octanol–water partition coefficient (Wildman–Crippen LogP) is 0.666. The van der Waals surface area contributed by atoms with E-state index in [-0.39, 0.29) is 6.79 Å². The first-order valence-corrected chi connectivity index (χ1v) is 9.36. The average Bonchev–Trinajstić information content (AvgIpc) is 2.77. The van der Waals surface area contributed by atoms with E-state index in [0.29, 0.717) is 11.3 Å². The number of fused-ring (bicyclic) bond motifs is 1. The monoisotopic (exact) mass is 404 g/mol. The smallest absolute Gasteiger partial charge is 0.190 e. The number of hydrogen-bond donors (Lipinski definition) is 4. The summed E-state index contributed by atoms with van der Waals surface area (Å²) in [6.45, 7) is -0.379. The number of aliphatic hydroxyl groups is 4. The Bertz CT molecular complexity index is 837. The third-order valence-electron chi connectivity index (χ3n) is 5.40. The third-order valence-corrected chi connectivity index (χ3v) is 5.40. The zero-order chi connectivity index (χ0) is 20.5. The van der Waals surface area contributed by atoms with E-state index in [1.54, 1.807) is 25.3 Å². The van der Waals surface area contributed by atoms with Crippen LogP contribution >= 0.6 is 0 Å². The largest absolute Gasteiger partial charge is 0.497 e. The summed E-state index contributed by atoms with van der Waals surface area (Å²) in [6, 6.07) is 12.8. The number of aliphatic hydroxyl groups excluding tert-OH is 4. The lowest BCUT2D eigenvalue weighted by molar-refractivity contribution is -0.231. The van der Waals surface area contributed by atoms with E-state index < -0.39 is 43.2 Å². The van der Waals surface area contributed by atoms with Crippen molar-refractivity contribution in [3.63, 3.8) is 0 Å². The van der Waals surface area contributed by atoms with Crippen molar-refractivity contribution in [1.82, 2.24) is 0 Å². The molecule has 4 rings (SSSR count). The first-order valence-electron chi connectivity index (χ1n) is 9.36. The fraction of sp³-hybridized carbons (Fsp3) is 0.429. The van der Waals surface area contributed by atoms with Crippen molar-refractivity contribution in [3.8, 4) is 11.5 Å². The van der Waals surface area contributed by atoms with E-state index in [4.69, 9.17) is 18.9 Å². The lowest BCUT2D eigenvalue weighted by atomic mass is 9.89. The van der Waals surface area contributed by atoms with E-state index in [2.05, 4.69) is 0 Å². The lowest BCUT2D eigenvalue weighted by Gasteiger charge is -2.40. The van der Waals surface area contributed by atoms with Gasteiger partial charge in [-0.05, 0) is 35.4 Å². The van der Waals surface area contributed by atoms with Crippen LogP contribution in [0.4, 0.5) is 0 Å². The molecular formula is C21H24O8. The van der Waals surface area contributed by atoms with E-state index in [9.17, 15) is 20.4 Å². The molecule has 0 radical (unpaired) electrons. The highest BCUT2D eigenvalue weighted by molar-refractivity contribution is 5.45. The highest BCUT2D eigenvalue weighted by Gasteiger charge is 2.44. The summed E-state index contributed by atoms with van der Waals surface area (Å²) >= 11 is 0. The molecule has 8 nitrogen and oxygen atoms in total. The molecule has 0 bridgehead atoms. The van der Waals surface area contributed by atoms with Crippen molar-refractivity contribution in [1.29, 1.82) is 0 Å². The van der Waals surface area contributed by atoms with Crippen molar-refractivity contribution in [2.45, 2.75) is 36.6 Å². The highest BCUT2D eigenvalue weighted by Crippen LogP contribution is 2.40. The van der Waals surface area contributed by atoms with Gasteiger partial charge in [0.1, 0.15) is 48.1 Å². The van der Waals surface area contributed by atoms with Crippen molar-refractivity contribution >= 4 is 0 Å². The standard InChI is InChI=1S/C21H24O8/c1-26-13-5-2-11(3-6-13)20-14-8-12(4-7-15(14)27-10-28-20)21-19(25)18(24)17(23)16(9-22)29-21/h2-8,16-25H,9-10H2,1H3. The van der Waals surface area contributed by atoms with Gasteiger partial charge in [0.2, 0.25) is 0 Å². The van der Waals surface area contributed by atoms with E-state index in [0.717, 1.165) is 16.9 Å².